The summed E-state index contributed by atoms with van der Waals surface area (Å²) in [5.41, 5.74) is 28.2. The number of ketones is 3. The Balaban J connectivity index is 0.000000286. The number of pyridine rings is 3. The third-order valence-electron chi connectivity index (χ3n) is 15.8. The van der Waals surface area contributed by atoms with Gasteiger partial charge in [-0.2, -0.15) is 0 Å². The van der Waals surface area contributed by atoms with Crippen molar-refractivity contribution in [3.63, 3.8) is 0 Å². The first-order valence-electron chi connectivity index (χ1n) is 33.5. The molecule has 6 aromatic carbocycles. The number of allylic oxidation sites excluding steroid dienone is 6. The van der Waals surface area contributed by atoms with Gasteiger partial charge in [0, 0.05) is 112 Å². The molecular weight excluding hydrogens is 1880 g/mol. The summed E-state index contributed by atoms with van der Waals surface area (Å²) >= 11 is 5.46. The Bertz CT molecular complexity index is 4900. The van der Waals surface area contributed by atoms with E-state index in [1.807, 2.05) is 41.3 Å². The van der Waals surface area contributed by atoms with Crippen LogP contribution in [0.5, 0.6) is 0 Å². The molecule has 6 aromatic heterocycles. The van der Waals surface area contributed by atoms with Crippen LogP contribution in [0, 0.1) is 108 Å². The fourth-order valence-corrected chi connectivity index (χ4v) is 15.5. The van der Waals surface area contributed by atoms with Gasteiger partial charge in [-0.3, -0.25) is 14.4 Å². The van der Waals surface area contributed by atoms with Crippen LogP contribution in [0.25, 0.3) is 95.4 Å². The number of aromatic nitrogens is 3. The van der Waals surface area contributed by atoms with E-state index in [1.54, 1.807) is 11.3 Å². The molecule has 0 fully saturated rings. The molecule has 0 aliphatic carbocycles. The number of benzene rings is 6. The molecule has 0 atom stereocenters. The summed E-state index contributed by atoms with van der Waals surface area (Å²) in [4.78, 5) is 48.1. The van der Waals surface area contributed by atoms with Crippen LogP contribution in [0.1, 0.15) is 140 Å². The van der Waals surface area contributed by atoms with Gasteiger partial charge >= 0.3 is 0 Å². The molecule has 6 heterocycles. The fraction of sp³-hybridized carbons (Fsp3) is 0.258. The third-order valence-corrected chi connectivity index (χ3v) is 19.1. The van der Waals surface area contributed by atoms with E-state index in [1.165, 1.54) is 183 Å². The molecule has 0 spiro atoms. The second-order valence-corrected chi connectivity index (χ2v) is 30.7. The summed E-state index contributed by atoms with van der Waals surface area (Å²) in [7, 11) is 0. The van der Waals surface area contributed by atoms with Gasteiger partial charge in [0.25, 0.3) is 0 Å². The Kier molecular flexibility index (Phi) is 33.7. The van der Waals surface area contributed by atoms with Gasteiger partial charge in [0.1, 0.15) is 0 Å². The fourth-order valence-electron chi connectivity index (χ4n) is 12.1. The number of fused-ring (bicyclic) bond motifs is 3. The van der Waals surface area contributed by atoms with Gasteiger partial charge in [0.05, 0.1) is 31.4 Å². The van der Waals surface area contributed by atoms with Crippen LogP contribution < -0.4 is 0 Å². The first-order valence-corrected chi connectivity index (χ1v) is 36.0. The average Bonchev–Trinajstić information content (AvgIpc) is 1.64. The minimum Gasteiger partial charge on any atom is -0.512 e. The van der Waals surface area contributed by atoms with Crippen LogP contribution >= 0.6 is 34.0 Å². The number of rotatable bonds is 9. The monoisotopic (exact) mass is 1980 g/mol. The number of hydrogen-bond donors (Lipinski definition) is 3. The number of aryl methyl sites for hydroxylation is 13. The Labute approximate surface area is 668 Å². The van der Waals surface area contributed by atoms with Crippen molar-refractivity contribution in [2.45, 2.75) is 158 Å². The van der Waals surface area contributed by atoms with E-state index in [4.69, 9.17) is 25.3 Å². The van der Waals surface area contributed by atoms with Gasteiger partial charge in [-0.05, 0) is 191 Å². The molecule has 3 N–H and O–H groups in total. The Morgan fingerprint density at radius 3 is 0.894 bits per heavy atom. The first-order chi connectivity index (χ1) is 47.4. The predicted molar refractivity (Wildman–Crippen MR) is 429 cm³/mol. The zero-order chi connectivity index (χ0) is 74.5. The van der Waals surface area contributed by atoms with Crippen molar-refractivity contribution in [1.29, 1.82) is 0 Å². The SMILES string of the molecule is CC(=O)C=C(C)O.CC(=O)C=C(C)O.CC(=O)C=C(C)O.Cc1[c-]c(-c2cc3cc(-c4c(C)cc(C(C)(C)C)cc4C)sc3cn2)cc(C)c1.Cc1[c-]c(-c2cc3cc(-c4c(C)cc(C)cc4C)sc3cn2)cc(C)c1.Cc1[c-]c(-c2cc3cc(-c4cc(C)cc(C)c4)sc3cn2)cc(C)c1.[Ir].[Ir].[Ir]. The smallest absolute Gasteiger partial charge is 0.155 e. The van der Waals surface area contributed by atoms with E-state index in [0.29, 0.717) is 0 Å². The normalized spacial score (nSPS) is 11.2. The molecule has 104 heavy (non-hydrogen) atoms. The van der Waals surface area contributed by atoms with Gasteiger partial charge in [-0.15, -0.1) is 139 Å². The van der Waals surface area contributed by atoms with Gasteiger partial charge in [0.2, 0.25) is 0 Å². The van der Waals surface area contributed by atoms with Crippen molar-refractivity contribution in [3.05, 3.63) is 265 Å². The zero-order valence-electron chi connectivity index (χ0n) is 63.6. The molecule has 0 unspecified atom stereocenters. The van der Waals surface area contributed by atoms with Gasteiger partial charge in [-0.25, -0.2) is 0 Å². The molecule has 0 saturated carbocycles. The molecule has 3 radical (unpaired) electrons. The molecule has 0 aliphatic heterocycles. The summed E-state index contributed by atoms with van der Waals surface area (Å²) in [5.74, 6) is -0.187. The van der Waals surface area contributed by atoms with E-state index >= 15 is 0 Å². The quantitative estimate of drug-likeness (QED) is 0.0729. The van der Waals surface area contributed by atoms with Gasteiger partial charge < -0.3 is 30.3 Å². The van der Waals surface area contributed by atoms with Gasteiger partial charge in [0.15, 0.2) is 17.3 Å². The summed E-state index contributed by atoms with van der Waals surface area (Å²) < 4.78 is 3.68. The third kappa shape index (κ3) is 26.1. The Morgan fingerprint density at radius 1 is 0.356 bits per heavy atom. The van der Waals surface area contributed by atoms with Crippen LogP contribution in [0.4, 0.5) is 0 Å². The summed E-state index contributed by atoms with van der Waals surface area (Å²) in [6.45, 7) is 43.3. The standard InChI is InChI=1S/C27H28NS.C24H22NS.C23H20NS.3C5H8O2.3Ir/c1-16-8-17(2)10-20(9-16)23-13-21-14-24(29-25(21)15-28-23)26-18(3)11-22(12-19(26)4)27(5,6)7;1-14-6-15(2)10-19(9-14)21-11-20-12-22(26-23(20)13-25-21)24-17(4)7-16(3)8-18(24)5;1-14-5-15(2)8-18(7-14)21-11-20-12-22(25-23(20)13-24-21)19-9-16(3)6-17(4)10-19;3*1-4(6)3-5(2)7;;;/h8-9,11-15H,1-7H3;6-9,11-13H,1-5H3;5-7,9-13H,1-4H3;3*3,6H,1-2H3;;;/q3*-1;;;;;;. The van der Waals surface area contributed by atoms with Crippen LogP contribution in [0.3, 0.4) is 0 Å². The number of aliphatic hydroxyl groups excluding tert-OH is 3. The van der Waals surface area contributed by atoms with Crippen molar-refractivity contribution in [3.8, 4) is 65.1 Å². The number of nitrogens with zero attached hydrogens (tertiary/aromatic N) is 3. The summed E-state index contributed by atoms with van der Waals surface area (Å²) in [5, 5.41) is 28.8. The first kappa shape index (κ1) is 88.6. The Morgan fingerprint density at radius 2 is 0.625 bits per heavy atom. The maximum atomic E-state index is 10.0. The maximum Gasteiger partial charge on any atom is 0.155 e. The van der Waals surface area contributed by atoms with Gasteiger partial charge in [-0.1, -0.05) is 140 Å². The average molecular weight is 1970 g/mol. The topological polar surface area (TPSA) is 151 Å². The number of carbonyl (C=O) groups excluding carboxylic acids is 3. The number of aliphatic hydroxyl groups is 3. The predicted octanol–water partition coefficient (Wildman–Crippen LogP) is 24.7. The van der Waals surface area contributed by atoms with E-state index in [9.17, 15) is 14.4 Å². The van der Waals surface area contributed by atoms with E-state index in [-0.39, 0.29) is 100 Å². The molecule has 9 nitrogen and oxygen atoms in total. The van der Waals surface area contributed by atoms with Crippen LogP contribution in [-0.2, 0) is 80.1 Å². The number of thiophene rings is 3. The minimum absolute atomic E-state index is 0. The molecule has 0 aliphatic rings. The molecule has 0 saturated heterocycles. The second kappa shape index (κ2) is 39.5. The second-order valence-electron chi connectivity index (χ2n) is 27.5. The molecular formula is C89H94Ir3N3O6S3-3. The number of hydrogen-bond acceptors (Lipinski definition) is 12. The van der Waals surface area contributed by atoms with Crippen molar-refractivity contribution in [2.24, 2.45) is 0 Å². The molecule has 12 rings (SSSR count). The largest absolute Gasteiger partial charge is 0.512 e. The molecule has 15 heteroatoms. The molecule has 0 amide bonds. The molecule has 549 valence electrons. The number of carbonyl (C=O) groups is 3. The van der Waals surface area contributed by atoms with Crippen molar-refractivity contribution in [1.82, 2.24) is 15.0 Å². The van der Waals surface area contributed by atoms with E-state index in [0.717, 1.165) is 50.5 Å². The van der Waals surface area contributed by atoms with Crippen LogP contribution in [-0.4, -0.2) is 47.6 Å². The molecule has 0 bridgehead atoms. The minimum atomic E-state index is -0.125. The van der Waals surface area contributed by atoms with Crippen LogP contribution in [0.15, 0.2) is 169 Å². The van der Waals surface area contributed by atoms with Crippen LogP contribution in [0.2, 0.25) is 0 Å². The summed E-state index contributed by atoms with van der Waals surface area (Å²) in [6.07, 6.45) is 9.51. The van der Waals surface area contributed by atoms with E-state index in [2.05, 4.69) is 249 Å². The van der Waals surface area contributed by atoms with Crippen molar-refractivity contribution >= 4 is 81.6 Å². The summed E-state index contributed by atoms with van der Waals surface area (Å²) in [6, 6.07) is 52.6. The van der Waals surface area contributed by atoms with E-state index < -0.39 is 0 Å². The zero-order valence-corrected chi connectivity index (χ0v) is 73.2. The molecule has 12 aromatic rings. The maximum absolute atomic E-state index is 10.0. The van der Waals surface area contributed by atoms with Crippen molar-refractivity contribution in [2.75, 3.05) is 0 Å². The van der Waals surface area contributed by atoms with Crippen molar-refractivity contribution < 1.29 is 90.0 Å². The Hall–Kier alpha value is -7.77.